The summed E-state index contributed by atoms with van der Waals surface area (Å²) in [5.74, 6) is -0.251. The van der Waals surface area contributed by atoms with E-state index in [4.69, 9.17) is 5.73 Å². The molecule has 0 aromatic heterocycles. The van der Waals surface area contributed by atoms with Crippen LogP contribution >= 0.6 is 15.9 Å². The van der Waals surface area contributed by atoms with Crippen LogP contribution in [-0.4, -0.2) is 11.9 Å². The maximum Gasteiger partial charge on any atom is 0.129 e. The number of nitrogens with zero attached hydrogens (tertiary/aromatic N) is 1. The van der Waals surface area contributed by atoms with Gasteiger partial charge in [-0.25, -0.2) is 4.39 Å². The molecule has 0 atom stereocenters. The topological polar surface area (TPSA) is 29.3 Å². The average Bonchev–Trinajstić information content (AvgIpc) is 2.36. The molecule has 4 heteroatoms. The van der Waals surface area contributed by atoms with Gasteiger partial charge < -0.3 is 5.73 Å². The molecule has 19 heavy (non-hydrogen) atoms. The van der Waals surface area contributed by atoms with E-state index in [1.807, 2.05) is 25.2 Å². The third-order valence-corrected chi connectivity index (χ3v) is 3.69. The van der Waals surface area contributed by atoms with Gasteiger partial charge in [-0.05, 0) is 30.8 Å². The number of hydrogen-bond acceptors (Lipinski definition) is 2. The summed E-state index contributed by atoms with van der Waals surface area (Å²) in [7, 11) is 1.97. The van der Waals surface area contributed by atoms with Gasteiger partial charge in [0, 0.05) is 28.8 Å². The Morgan fingerprint density at radius 3 is 2.47 bits per heavy atom. The first-order chi connectivity index (χ1) is 9.06. The SMILES string of the molecule is CN(Cc1ccc(N)cc1F)Cc1ccccc1Br. The van der Waals surface area contributed by atoms with Crippen LogP contribution in [0.1, 0.15) is 11.1 Å². The van der Waals surface area contributed by atoms with Gasteiger partial charge in [0.25, 0.3) is 0 Å². The van der Waals surface area contributed by atoms with E-state index in [2.05, 4.69) is 26.9 Å². The van der Waals surface area contributed by atoms with Gasteiger partial charge in [-0.2, -0.15) is 0 Å². The Labute approximate surface area is 121 Å². The van der Waals surface area contributed by atoms with Crippen molar-refractivity contribution in [3.63, 3.8) is 0 Å². The van der Waals surface area contributed by atoms with E-state index in [0.717, 1.165) is 11.0 Å². The first-order valence-electron chi connectivity index (χ1n) is 6.02. The molecule has 2 aromatic rings. The molecule has 0 unspecified atom stereocenters. The highest BCUT2D eigenvalue weighted by Gasteiger charge is 2.08. The second-order valence-electron chi connectivity index (χ2n) is 4.61. The fourth-order valence-electron chi connectivity index (χ4n) is 1.96. The number of nitrogens with two attached hydrogens (primary N) is 1. The van der Waals surface area contributed by atoms with Crippen molar-refractivity contribution < 1.29 is 4.39 Å². The van der Waals surface area contributed by atoms with Crippen molar-refractivity contribution in [2.75, 3.05) is 12.8 Å². The zero-order valence-corrected chi connectivity index (χ0v) is 12.3. The van der Waals surface area contributed by atoms with E-state index in [1.165, 1.54) is 11.6 Å². The summed E-state index contributed by atoms with van der Waals surface area (Å²) >= 11 is 3.52. The number of nitrogen functional groups attached to an aromatic ring is 1. The van der Waals surface area contributed by atoms with E-state index in [9.17, 15) is 4.39 Å². The van der Waals surface area contributed by atoms with E-state index in [0.29, 0.717) is 17.8 Å². The van der Waals surface area contributed by atoms with E-state index < -0.39 is 0 Å². The Hall–Kier alpha value is -1.39. The molecule has 0 saturated heterocycles. The van der Waals surface area contributed by atoms with Gasteiger partial charge in [0.1, 0.15) is 5.82 Å². The van der Waals surface area contributed by atoms with Gasteiger partial charge in [-0.3, -0.25) is 4.90 Å². The maximum absolute atomic E-state index is 13.7. The predicted molar refractivity (Wildman–Crippen MR) is 80.1 cm³/mol. The molecule has 100 valence electrons. The lowest BCUT2D eigenvalue weighted by Gasteiger charge is -2.18. The predicted octanol–water partition coefficient (Wildman–Crippen LogP) is 3.80. The number of benzene rings is 2. The smallest absolute Gasteiger partial charge is 0.129 e. The van der Waals surface area contributed by atoms with Crippen LogP contribution in [0.2, 0.25) is 0 Å². The molecule has 0 saturated carbocycles. The standard InChI is InChI=1S/C15H16BrFN2/c1-19(9-11-4-2-3-5-14(11)16)10-12-6-7-13(18)8-15(12)17/h2-8H,9-10,18H2,1H3. The van der Waals surface area contributed by atoms with Crippen LogP contribution in [0.4, 0.5) is 10.1 Å². The van der Waals surface area contributed by atoms with Crippen molar-refractivity contribution in [2.24, 2.45) is 0 Å². The zero-order valence-electron chi connectivity index (χ0n) is 10.7. The summed E-state index contributed by atoms with van der Waals surface area (Å²) in [6, 6.07) is 12.9. The molecule has 2 nitrogen and oxygen atoms in total. The molecule has 0 aliphatic heterocycles. The highest BCUT2D eigenvalue weighted by atomic mass is 79.9. The van der Waals surface area contributed by atoms with Crippen LogP contribution in [-0.2, 0) is 13.1 Å². The molecule has 0 fully saturated rings. The normalized spacial score (nSPS) is 10.9. The highest BCUT2D eigenvalue weighted by Crippen LogP contribution is 2.19. The molecule has 2 N–H and O–H groups in total. The molecule has 2 rings (SSSR count). The van der Waals surface area contributed by atoms with Crippen LogP contribution in [0, 0.1) is 5.82 Å². The molecule has 0 heterocycles. The molecule has 0 bridgehead atoms. The minimum absolute atomic E-state index is 0.251. The van der Waals surface area contributed by atoms with Crippen LogP contribution in [0.15, 0.2) is 46.9 Å². The fraction of sp³-hybridized carbons (Fsp3) is 0.200. The Balaban J connectivity index is 2.05. The van der Waals surface area contributed by atoms with Gasteiger partial charge in [0.05, 0.1) is 0 Å². The molecular formula is C15H16BrFN2. The Morgan fingerprint density at radius 2 is 1.79 bits per heavy atom. The fourth-order valence-corrected chi connectivity index (χ4v) is 2.37. The van der Waals surface area contributed by atoms with Gasteiger partial charge in [0.15, 0.2) is 0 Å². The third-order valence-electron chi connectivity index (χ3n) is 2.92. The van der Waals surface area contributed by atoms with Crippen LogP contribution in [0.25, 0.3) is 0 Å². The maximum atomic E-state index is 13.7. The van der Waals surface area contributed by atoms with Crippen molar-refractivity contribution in [3.05, 3.63) is 63.9 Å². The summed E-state index contributed by atoms with van der Waals surface area (Å²) < 4.78 is 14.8. The molecule has 2 aromatic carbocycles. The zero-order chi connectivity index (χ0) is 13.8. The summed E-state index contributed by atoms with van der Waals surface area (Å²) in [6.07, 6.45) is 0. The van der Waals surface area contributed by atoms with Gasteiger partial charge in [-0.1, -0.05) is 40.2 Å². The van der Waals surface area contributed by atoms with Gasteiger partial charge in [0.2, 0.25) is 0 Å². The second-order valence-corrected chi connectivity index (χ2v) is 5.47. The van der Waals surface area contributed by atoms with E-state index in [-0.39, 0.29) is 5.82 Å². The molecular weight excluding hydrogens is 307 g/mol. The van der Waals surface area contributed by atoms with E-state index >= 15 is 0 Å². The van der Waals surface area contributed by atoms with Gasteiger partial charge in [-0.15, -0.1) is 0 Å². The van der Waals surface area contributed by atoms with Crippen LogP contribution in [0.3, 0.4) is 0 Å². The average molecular weight is 323 g/mol. The largest absolute Gasteiger partial charge is 0.399 e. The lowest BCUT2D eigenvalue weighted by atomic mass is 10.1. The third kappa shape index (κ3) is 3.78. The first kappa shape index (κ1) is 14.0. The lowest BCUT2D eigenvalue weighted by Crippen LogP contribution is -2.18. The number of hydrogen-bond donors (Lipinski definition) is 1. The minimum Gasteiger partial charge on any atom is -0.399 e. The highest BCUT2D eigenvalue weighted by molar-refractivity contribution is 9.10. The summed E-state index contributed by atoms with van der Waals surface area (Å²) in [4.78, 5) is 2.06. The summed E-state index contributed by atoms with van der Waals surface area (Å²) in [5, 5.41) is 0. The van der Waals surface area contributed by atoms with Crippen LogP contribution in [0.5, 0.6) is 0 Å². The van der Waals surface area contributed by atoms with Crippen LogP contribution < -0.4 is 5.73 Å². The second kappa shape index (κ2) is 6.17. The van der Waals surface area contributed by atoms with Crippen molar-refractivity contribution in [3.8, 4) is 0 Å². The Bertz CT molecular complexity index is 572. The molecule has 0 radical (unpaired) electrons. The quantitative estimate of drug-likeness (QED) is 0.867. The molecule has 0 aliphatic rings. The minimum atomic E-state index is -0.251. The van der Waals surface area contributed by atoms with Crippen molar-refractivity contribution in [1.82, 2.24) is 4.90 Å². The van der Waals surface area contributed by atoms with E-state index in [1.54, 1.807) is 12.1 Å². The van der Waals surface area contributed by atoms with Gasteiger partial charge >= 0.3 is 0 Å². The van der Waals surface area contributed by atoms with Crippen molar-refractivity contribution in [1.29, 1.82) is 0 Å². The molecule has 0 spiro atoms. The Kier molecular flexibility index (Phi) is 4.56. The Morgan fingerprint density at radius 1 is 1.11 bits per heavy atom. The number of anilines is 1. The summed E-state index contributed by atoms with van der Waals surface area (Å²) in [5.41, 5.74) is 7.83. The van der Waals surface area contributed by atoms with Crippen molar-refractivity contribution >= 4 is 21.6 Å². The van der Waals surface area contributed by atoms with Crippen molar-refractivity contribution in [2.45, 2.75) is 13.1 Å². The monoisotopic (exact) mass is 322 g/mol. The first-order valence-corrected chi connectivity index (χ1v) is 6.81. The summed E-state index contributed by atoms with van der Waals surface area (Å²) in [6.45, 7) is 1.30. The number of rotatable bonds is 4. The molecule has 0 aliphatic carbocycles. The lowest BCUT2D eigenvalue weighted by molar-refractivity contribution is 0.313. The molecule has 0 amide bonds. The number of halogens is 2.